The zero-order valence-corrected chi connectivity index (χ0v) is 37.7. The van der Waals surface area contributed by atoms with Gasteiger partial charge < -0.3 is 5.53 Å². The van der Waals surface area contributed by atoms with Gasteiger partial charge in [0, 0.05) is 11.1 Å². The summed E-state index contributed by atoms with van der Waals surface area (Å²) in [5, 5.41) is 4.38. The van der Waals surface area contributed by atoms with E-state index >= 15 is 0 Å². The Morgan fingerprint density at radius 2 is 1.02 bits per heavy atom. The van der Waals surface area contributed by atoms with Crippen LogP contribution in [-0.2, 0) is 10.8 Å². The first kappa shape index (κ1) is 40.2. The summed E-state index contributed by atoms with van der Waals surface area (Å²) in [5.74, 6) is 9.68. The van der Waals surface area contributed by atoms with Crippen LogP contribution in [0.15, 0.2) is 109 Å². The average Bonchev–Trinajstić information content (AvgIpc) is 3.23. The number of fused-ring (bicyclic) bond motifs is 2. The number of thiol groups is 3. The Morgan fingerprint density at radius 3 is 1.42 bits per heavy atom. The zero-order chi connectivity index (χ0) is 41.4. The Morgan fingerprint density at radius 1 is 0.593 bits per heavy atom. The smallest absolute Gasteiger partial charge is 0.330 e. The van der Waals surface area contributed by atoms with Crippen molar-refractivity contribution in [2.75, 3.05) is 17.3 Å². The predicted molar refractivity (Wildman–Crippen MR) is 259 cm³/mol. The summed E-state index contributed by atoms with van der Waals surface area (Å²) < 4.78 is 0. The highest BCUT2D eigenvalue weighted by Crippen LogP contribution is 2.74. The molecule has 0 atom stereocenters. The molecular formula is C54H54N2S3. The molecule has 6 aromatic rings. The summed E-state index contributed by atoms with van der Waals surface area (Å²) >= 11 is 14.9. The summed E-state index contributed by atoms with van der Waals surface area (Å²) in [6, 6.07) is 39.0. The van der Waals surface area contributed by atoms with Gasteiger partial charge in [-0.2, -0.15) is 42.7 Å². The fourth-order valence-electron chi connectivity index (χ4n) is 12.6. The van der Waals surface area contributed by atoms with Crippen LogP contribution in [0.2, 0.25) is 0 Å². The number of benzene rings is 6. The van der Waals surface area contributed by atoms with E-state index in [9.17, 15) is 5.53 Å². The van der Waals surface area contributed by atoms with Gasteiger partial charge in [0.1, 0.15) is 0 Å². The van der Waals surface area contributed by atoms with Crippen LogP contribution in [0.3, 0.4) is 0 Å². The molecule has 6 aromatic carbocycles. The number of hydrogen-bond donors (Lipinski definition) is 3. The van der Waals surface area contributed by atoms with Gasteiger partial charge in [0.05, 0.1) is 11.1 Å². The highest BCUT2D eigenvalue weighted by molar-refractivity contribution is 7.80. The standard InChI is InChI=1S/C54H54N2S3/c1-35-24-41(50(3,4)5)25-36(2)46(35)47-42-10-6-8-12-44(42)48(45-13-9-7-11-43(45)47)49(56-55)39-20-16-37(17-21-39)14-15-38-18-22-40(23-19-38)54-29-51(32-57)26-52(30-54,33-58)28-53(27-51,31-54)34-59/h6-13,16-25,57-59H,26-34H2,1-5H3. The van der Waals surface area contributed by atoms with Gasteiger partial charge in [-0.15, -0.1) is 0 Å². The third kappa shape index (κ3) is 6.80. The largest absolute Gasteiger partial charge is 0.361 e. The van der Waals surface area contributed by atoms with Crippen LogP contribution in [0.5, 0.6) is 0 Å². The second-order valence-electron chi connectivity index (χ2n) is 19.7. The van der Waals surface area contributed by atoms with Crippen LogP contribution in [0, 0.1) is 41.9 Å². The van der Waals surface area contributed by atoms with Gasteiger partial charge in [-0.05, 0) is 188 Å². The van der Waals surface area contributed by atoms with Crippen molar-refractivity contribution in [2.45, 2.75) is 84.0 Å². The van der Waals surface area contributed by atoms with Crippen molar-refractivity contribution in [3.8, 4) is 23.0 Å². The van der Waals surface area contributed by atoms with Crippen LogP contribution in [0.4, 0.5) is 0 Å². The Kier molecular flexibility index (Phi) is 10.1. The van der Waals surface area contributed by atoms with Crippen molar-refractivity contribution >= 4 is 65.1 Å². The maximum Gasteiger partial charge on any atom is 0.330 e. The fraction of sp³-hybridized carbons (Fsp3) is 0.352. The molecule has 10 rings (SSSR count). The fourth-order valence-corrected chi connectivity index (χ4v) is 13.6. The first-order valence-corrected chi connectivity index (χ1v) is 23.0. The molecule has 0 amide bonds. The summed E-state index contributed by atoms with van der Waals surface area (Å²) in [5.41, 5.74) is 23.8. The lowest BCUT2D eigenvalue weighted by molar-refractivity contribution is -0.145. The first-order valence-electron chi connectivity index (χ1n) is 21.1. The van der Waals surface area contributed by atoms with Gasteiger partial charge >= 0.3 is 5.71 Å². The van der Waals surface area contributed by atoms with Crippen LogP contribution in [0.25, 0.3) is 38.2 Å². The van der Waals surface area contributed by atoms with Crippen LogP contribution in [-0.4, -0.2) is 27.8 Å². The topological polar surface area (TPSA) is 36.4 Å². The molecule has 0 aliphatic heterocycles. The molecule has 0 heterocycles. The van der Waals surface area contributed by atoms with E-state index in [4.69, 9.17) is 37.9 Å². The van der Waals surface area contributed by atoms with Crippen molar-refractivity contribution in [1.29, 1.82) is 0 Å². The maximum absolute atomic E-state index is 10.8. The van der Waals surface area contributed by atoms with Gasteiger partial charge in [-0.25, -0.2) is 0 Å². The van der Waals surface area contributed by atoms with Gasteiger partial charge in [-0.1, -0.05) is 105 Å². The molecule has 4 fully saturated rings. The second-order valence-corrected chi connectivity index (χ2v) is 20.7. The van der Waals surface area contributed by atoms with Gasteiger partial charge in [0.25, 0.3) is 0 Å². The summed E-state index contributed by atoms with van der Waals surface area (Å²) in [6.07, 6.45) is 7.40. The second kappa shape index (κ2) is 14.8. The van der Waals surface area contributed by atoms with E-state index in [-0.39, 0.29) is 27.1 Å². The Bertz CT molecular complexity index is 2620. The molecule has 0 radical (unpaired) electrons. The molecular weight excluding hydrogens is 773 g/mol. The number of rotatable bonds is 7. The van der Waals surface area contributed by atoms with E-state index in [0.717, 1.165) is 61.1 Å². The van der Waals surface area contributed by atoms with Crippen molar-refractivity contribution in [3.63, 3.8) is 0 Å². The van der Waals surface area contributed by atoms with E-state index in [0.29, 0.717) is 5.71 Å². The van der Waals surface area contributed by atoms with Crippen molar-refractivity contribution in [2.24, 2.45) is 16.2 Å². The van der Waals surface area contributed by atoms with Crippen molar-refractivity contribution in [3.05, 3.63) is 159 Å². The quantitative estimate of drug-likeness (QED) is 0.0358. The van der Waals surface area contributed by atoms with Crippen LogP contribution < -0.4 is 0 Å². The normalized spacial score (nSPS) is 24.5. The predicted octanol–water partition coefficient (Wildman–Crippen LogP) is 13.4. The zero-order valence-electron chi connectivity index (χ0n) is 35.0. The summed E-state index contributed by atoms with van der Waals surface area (Å²) in [6.45, 7) is 11.3. The molecule has 0 saturated heterocycles. The lowest BCUT2D eigenvalue weighted by Gasteiger charge is -2.71. The minimum Gasteiger partial charge on any atom is -0.361 e. The molecule has 4 saturated carbocycles. The number of aryl methyl sites for hydroxylation is 2. The number of hydrogen-bond acceptors (Lipinski definition) is 3. The SMILES string of the molecule is Cc1cc(C(C)(C)C)cc(C)c1-c1c2ccccc2c(C(=[N+]=[N-])c2ccc(C#Cc3ccc(C45CC6(CS)CC(CS)(CC(CS)(C6)C4)C5)cc3)cc2)c2ccccc12. The van der Waals surface area contributed by atoms with E-state index in [1.807, 2.05) is 24.3 Å². The molecule has 2 nitrogen and oxygen atoms in total. The highest BCUT2D eigenvalue weighted by Gasteiger charge is 2.67. The van der Waals surface area contributed by atoms with Crippen LogP contribution in [0.1, 0.15) is 104 Å². The molecule has 0 spiro atoms. The van der Waals surface area contributed by atoms with Crippen LogP contribution >= 0.6 is 37.9 Å². The van der Waals surface area contributed by atoms with Gasteiger partial charge in [0.15, 0.2) is 0 Å². The van der Waals surface area contributed by atoms with Crippen molar-refractivity contribution < 1.29 is 4.79 Å². The minimum absolute atomic E-state index is 0.0539. The summed E-state index contributed by atoms with van der Waals surface area (Å²) in [4.78, 5) is 4.00. The van der Waals surface area contributed by atoms with Gasteiger partial charge in [-0.3, -0.25) is 0 Å². The molecule has 0 unspecified atom stereocenters. The lowest BCUT2D eigenvalue weighted by atomic mass is 9.35. The van der Waals surface area contributed by atoms with E-state index in [1.165, 1.54) is 71.9 Å². The summed E-state index contributed by atoms with van der Waals surface area (Å²) in [7, 11) is 0. The van der Waals surface area contributed by atoms with Crippen molar-refractivity contribution in [1.82, 2.24) is 0 Å². The Balaban J connectivity index is 1.04. The minimum atomic E-state index is 0.0539. The molecule has 0 N–H and O–H groups in total. The molecule has 5 heteroatoms. The third-order valence-electron chi connectivity index (χ3n) is 14.3. The molecule has 4 aliphatic rings. The lowest BCUT2D eigenvalue weighted by Crippen LogP contribution is -2.64. The number of nitrogens with zero attached hydrogens (tertiary/aromatic N) is 2. The Hall–Kier alpha value is -4.17. The molecule has 4 aliphatic carbocycles. The monoisotopic (exact) mass is 826 g/mol. The molecule has 298 valence electrons. The maximum atomic E-state index is 10.8. The van der Waals surface area contributed by atoms with Gasteiger partial charge in [0.2, 0.25) is 0 Å². The average molecular weight is 827 g/mol. The molecule has 59 heavy (non-hydrogen) atoms. The van der Waals surface area contributed by atoms with E-state index in [1.54, 1.807) is 0 Å². The Labute approximate surface area is 367 Å². The molecule has 4 bridgehead atoms. The van der Waals surface area contributed by atoms with E-state index < -0.39 is 0 Å². The van der Waals surface area contributed by atoms with E-state index in [2.05, 4.69) is 136 Å². The first-order chi connectivity index (χ1) is 28.3. The highest BCUT2D eigenvalue weighted by atomic mass is 32.1. The third-order valence-corrected chi connectivity index (χ3v) is 16.3. The molecule has 0 aromatic heterocycles.